The summed E-state index contributed by atoms with van der Waals surface area (Å²) in [5.41, 5.74) is -4.32. The van der Waals surface area contributed by atoms with Gasteiger partial charge in [-0.25, -0.2) is 4.39 Å². The molecular formula is C10H7BrF4O3S. The predicted molar refractivity (Wildman–Crippen MR) is 52.4 cm³/mol. The molecule has 9 heteroatoms. The van der Waals surface area contributed by atoms with Crippen molar-refractivity contribution in [3.8, 4) is 0 Å². The van der Waals surface area contributed by atoms with Crippen molar-refractivity contribution in [2.75, 3.05) is 0 Å². The average Bonchev–Trinajstić information content (AvgIpc) is 2.51. The molecule has 0 aliphatic rings. The molecule has 19 heavy (non-hydrogen) atoms. The molecule has 1 aromatic carbocycles. The Labute approximate surface area is 113 Å². The molecule has 1 aromatic heterocycles. The lowest BCUT2D eigenvalue weighted by Crippen LogP contribution is -2.42. The first-order valence-corrected chi connectivity index (χ1v) is 7.81. The molecule has 0 spiro atoms. The summed E-state index contributed by atoms with van der Waals surface area (Å²) in [6, 6.07) is 4.99. The first kappa shape index (κ1) is 16.3. The molecule has 0 bridgehead atoms. The maximum Gasteiger partial charge on any atom is 0.600 e. The van der Waals surface area contributed by atoms with E-state index in [2.05, 4.69) is 0 Å². The Morgan fingerprint density at radius 3 is 2.11 bits per heavy atom. The maximum absolute atomic E-state index is 12.9. The summed E-state index contributed by atoms with van der Waals surface area (Å²) in [6.07, 6.45) is 0. The lowest BCUT2D eigenvalue weighted by Gasteiger charge is -1.96. The van der Waals surface area contributed by atoms with Crippen molar-refractivity contribution in [2.24, 2.45) is 0 Å². The molecule has 0 aliphatic heterocycles. The predicted octanol–water partition coefficient (Wildman–Crippen LogP) is 0.946. The van der Waals surface area contributed by atoms with Crippen LogP contribution in [0.15, 0.2) is 24.3 Å². The van der Waals surface area contributed by atoms with E-state index in [1.54, 1.807) is 0 Å². The highest BCUT2D eigenvalue weighted by Gasteiger charge is 2.46. The van der Waals surface area contributed by atoms with Crippen LogP contribution in [0.2, 0.25) is 0 Å². The lowest BCUT2D eigenvalue weighted by atomic mass is 10.2. The van der Waals surface area contributed by atoms with Crippen LogP contribution >= 0.6 is 10.5 Å². The van der Waals surface area contributed by atoms with Crippen LogP contribution in [-0.2, 0) is 5.51 Å². The van der Waals surface area contributed by atoms with Crippen molar-refractivity contribution in [3.63, 3.8) is 0 Å². The van der Waals surface area contributed by atoms with E-state index in [1.165, 1.54) is 25.1 Å². The summed E-state index contributed by atoms with van der Waals surface area (Å²) in [5.74, 6) is -0.626. The molecule has 0 aliphatic carbocycles. The van der Waals surface area contributed by atoms with Crippen molar-refractivity contribution in [1.29, 1.82) is 0 Å². The van der Waals surface area contributed by atoms with Crippen molar-refractivity contribution in [1.82, 2.24) is 0 Å². The van der Waals surface area contributed by atoms with E-state index in [4.69, 9.17) is 12.6 Å². The summed E-state index contributed by atoms with van der Waals surface area (Å²) >= 11 is -3.65. The Bertz CT molecular complexity index is 565. The molecule has 2 rings (SSSR count). The Kier molecular flexibility index (Phi) is 5.27. The number of aryl methyl sites for hydroxylation is 1. The van der Waals surface area contributed by atoms with Gasteiger partial charge < -0.3 is 12.6 Å². The number of halogens is 5. The van der Waals surface area contributed by atoms with Crippen LogP contribution in [-0.4, -0.2) is 0 Å². The van der Waals surface area contributed by atoms with E-state index in [0.717, 1.165) is 6.07 Å². The molecule has 3 nitrogen and oxygen atoms in total. The number of hydrogen-bond acceptors (Lipinski definition) is 3. The molecule has 0 N–H and O–H groups in total. The van der Waals surface area contributed by atoms with E-state index >= 15 is 0 Å². The number of benzene rings is 1. The minimum absolute atomic E-state index is 0.0417. The molecule has 106 valence electrons. The van der Waals surface area contributed by atoms with Gasteiger partial charge in [-0.1, -0.05) is 0 Å². The summed E-state index contributed by atoms with van der Waals surface area (Å²) in [4.78, 5) is 0.239. The lowest BCUT2D eigenvalue weighted by molar-refractivity contribution is -1.73. The number of alkyl halides is 3. The third kappa shape index (κ3) is 4.39. The molecule has 1 unspecified atom stereocenters. The fraction of sp³-hybridized carbons (Fsp3) is 0.200. The van der Waals surface area contributed by atoms with Crippen LogP contribution in [0.5, 0.6) is 0 Å². The van der Waals surface area contributed by atoms with Crippen LogP contribution in [0.3, 0.4) is 0 Å². The quantitative estimate of drug-likeness (QED) is 0.517. The van der Waals surface area contributed by atoms with Gasteiger partial charge in [-0.3, -0.25) is 0 Å². The van der Waals surface area contributed by atoms with Gasteiger partial charge in [-0.15, -0.1) is 13.2 Å². The van der Waals surface area contributed by atoms with Crippen LogP contribution < -0.4 is 12.6 Å². The molecular weight excluding hydrogens is 356 g/mol. The maximum atomic E-state index is 12.9. The smallest absolute Gasteiger partial charge is 0.405 e. The van der Waals surface area contributed by atoms with Gasteiger partial charge in [0, 0.05) is 24.4 Å². The second-order valence-corrected chi connectivity index (χ2v) is 6.33. The van der Waals surface area contributed by atoms with Crippen molar-refractivity contribution in [2.45, 2.75) is 12.4 Å². The van der Waals surface area contributed by atoms with E-state index < -0.39 is 36.6 Å². The van der Waals surface area contributed by atoms with E-state index in [1.807, 2.05) is 0 Å². The van der Waals surface area contributed by atoms with Crippen LogP contribution in [0.1, 0.15) is 4.88 Å². The summed E-state index contributed by atoms with van der Waals surface area (Å²) in [7, 11) is -1.95. The van der Waals surface area contributed by atoms with Crippen LogP contribution in [0.25, 0.3) is 10.1 Å². The standard InChI is InChI=1S/C10H7F4S.BrO3/c1-6-4-7-2-3-8(11)5-9(7)15(6)10(12,13)14;2-1(3)4/h2-5H,1H3;/q+1;-1. The zero-order chi connectivity index (χ0) is 14.8. The van der Waals surface area contributed by atoms with E-state index in [0.29, 0.717) is 5.39 Å². The first-order chi connectivity index (χ1) is 8.62. The fourth-order valence-corrected chi connectivity index (χ4v) is 3.36. The molecule has 0 amide bonds. The highest BCUT2D eigenvalue weighted by Crippen LogP contribution is 2.50. The molecule has 1 atom stereocenters. The van der Waals surface area contributed by atoms with Gasteiger partial charge in [0.1, 0.15) is 5.82 Å². The largest absolute Gasteiger partial charge is 0.600 e. The number of rotatable bonds is 0. The number of thiophene rings is 1. The molecule has 1 heterocycles. The fourth-order valence-electron chi connectivity index (χ4n) is 1.56. The second-order valence-electron chi connectivity index (χ2n) is 3.38. The highest BCUT2D eigenvalue weighted by molar-refractivity contribution is 7.38. The van der Waals surface area contributed by atoms with Gasteiger partial charge in [0.25, 0.3) is 0 Å². The zero-order valence-electron chi connectivity index (χ0n) is 9.33. The third-order valence-corrected chi connectivity index (χ3v) is 4.13. The monoisotopic (exact) mass is 362 g/mol. The Morgan fingerprint density at radius 2 is 1.63 bits per heavy atom. The van der Waals surface area contributed by atoms with Gasteiger partial charge in [-0.05, 0) is 12.1 Å². The molecule has 0 saturated heterocycles. The average molecular weight is 363 g/mol. The summed E-state index contributed by atoms with van der Waals surface area (Å²) in [5, 5.41) is 0.467. The normalized spacial score (nSPS) is 12.6. The molecule has 2 aromatic rings. The van der Waals surface area contributed by atoms with E-state index in [9.17, 15) is 17.6 Å². The van der Waals surface area contributed by atoms with Gasteiger partial charge in [-0.2, -0.15) is 0 Å². The van der Waals surface area contributed by atoms with Crippen molar-refractivity contribution >= 4 is 20.6 Å². The van der Waals surface area contributed by atoms with Gasteiger partial charge in [0.05, 0.1) is 10.5 Å². The number of hydrogen-bond donors (Lipinski definition) is 0. The second kappa shape index (κ2) is 6.14. The molecule has 0 radical (unpaired) electrons. The van der Waals surface area contributed by atoms with E-state index in [-0.39, 0.29) is 9.58 Å². The van der Waals surface area contributed by atoms with Gasteiger partial charge in [0.15, 0.2) is 9.58 Å². The van der Waals surface area contributed by atoms with Crippen LogP contribution in [0, 0.1) is 27.6 Å². The zero-order valence-corrected chi connectivity index (χ0v) is 11.7. The van der Waals surface area contributed by atoms with Crippen molar-refractivity contribution in [3.05, 3.63) is 35.0 Å². The summed E-state index contributed by atoms with van der Waals surface area (Å²) < 4.78 is 76.5. The highest BCUT2D eigenvalue weighted by atomic mass is 80.0. The minimum atomic E-state index is -4.32. The Hall–Kier alpha value is -0.740. The topological polar surface area (TPSA) is 69.2 Å². The van der Waals surface area contributed by atoms with Gasteiger partial charge in [0.2, 0.25) is 14.8 Å². The van der Waals surface area contributed by atoms with Gasteiger partial charge >= 0.3 is 5.51 Å². The van der Waals surface area contributed by atoms with Crippen LogP contribution in [0.4, 0.5) is 17.6 Å². The third-order valence-electron chi connectivity index (χ3n) is 2.11. The molecule has 0 saturated carbocycles. The number of fused-ring (bicyclic) bond motifs is 1. The first-order valence-electron chi connectivity index (χ1n) is 4.65. The van der Waals surface area contributed by atoms with Crippen molar-refractivity contribution < 1.29 is 45.0 Å². The SMILES string of the molecule is Cc1cc2ccc(F)cc2[s+]1C(F)(F)F.[O-][Br+2]([O-])[O-]. The summed E-state index contributed by atoms with van der Waals surface area (Å²) in [6.45, 7) is 1.43. The Balaban J connectivity index is 0.000000399. The Morgan fingerprint density at radius 1 is 1.11 bits per heavy atom. The molecule has 0 fully saturated rings. The minimum Gasteiger partial charge on any atom is -0.405 e.